The van der Waals surface area contributed by atoms with Gasteiger partial charge in [-0.05, 0) is 35.6 Å². The lowest BCUT2D eigenvalue weighted by Crippen LogP contribution is -2.11. The number of pyridine rings is 1. The average Bonchev–Trinajstić information content (AvgIpc) is 2.06. The maximum Gasteiger partial charge on any atom is 0.433 e. The predicted octanol–water partition coefficient (Wildman–Crippen LogP) is 3.95. The smallest absolute Gasteiger partial charge is 0.248 e. The third-order valence-corrected chi connectivity index (χ3v) is 3.08. The van der Waals surface area contributed by atoms with Crippen LogP contribution in [-0.2, 0) is 6.18 Å². The SMILES string of the molecule is Cc1nc(C(F)(F)F)cc(C(F)F)c1I. The van der Waals surface area contributed by atoms with Crippen LogP contribution in [0.4, 0.5) is 22.0 Å². The van der Waals surface area contributed by atoms with Crippen LogP contribution in [0.15, 0.2) is 6.07 Å². The highest BCUT2D eigenvalue weighted by Crippen LogP contribution is 2.33. The summed E-state index contributed by atoms with van der Waals surface area (Å²) in [4.78, 5) is 3.22. The Hall–Kier alpha value is -0.470. The van der Waals surface area contributed by atoms with Crippen LogP contribution < -0.4 is 0 Å². The van der Waals surface area contributed by atoms with Crippen LogP contribution in [0.1, 0.15) is 23.4 Å². The van der Waals surface area contributed by atoms with E-state index in [-0.39, 0.29) is 9.26 Å². The molecule has 15 heavy (non-hydrogen) atoms. The molecule has 1 aromatic heterocycles. The second kappa shape index (κ2) is 4.18. The Morgan fingerprint density at radius 1 is 1.33 bits per heavy atom. The van der Waals surface area contributed by atoms with Crippen molar-refractivity contribution in [3.63, 3.8) is 0 Å². The van der Waals surface area contributed by atoms with Crippen LogP contribution in [0.25, 0.3) is 0 Å². The molecule has 0 spiro atoms. The van der Waals surface area contributed by atoms with Crippen molar-refractivity contribution in [1.82, 2.24) is 4.98 Å². The van der Waals surface area contributed by atoms with Gasteiger partial charge in [0.05, 0.1) is 5.69 Å². The lowest BCUT2D eigenvalue weighted by Gasteiger charge is -2.11. The first-order valence-corrected chi connectivity index (χ1v) is 4.83. The van der Waals surface area contributed by atoms with Crippen molar-refractivity contribution in [3.05, 3.63) is 26.6 Å². The molecule has 1 heterocycles. The molecule has 1 aromatic rings. The minimum Gasteiger partial charge on any atom is -0.248 e. The van der Waals surface area contributed by atoms with Crippen molar-refractivity contribution in [2.45, 2.75) is 19.5 Å². The number of hydrogen-bond acceptors (Lipinski definition) is 1. The Bertz CT molecular complexity index is 374. The predicted molar refractivity (Wildman–Crippen MR) is 51.7 cm³/mol. The van der Waals surface area contributed by atoms with E-state index in [0.717, 1.165) is 0 Å². The van der Waals surface area contributed by atoms with Gasteiger partial charge in [-0.15, -0.1) is 0 Å². The van der Waals surface area contributed by atoms with Crippen molar-refractivity contribution in [1.29, 1.82) is 0 Å². The summed E-state index contributed by atoms with van der Waals surface area (Å²) in [6.45, 7) is 1.27. The highest BCUT2D eigenvalue weighted by Gasteiger charge is 2.34. The summed E-state index contributed by atoms with van der Waals surface area (Å²) in [5, 5.41) is 0. The Labute approximate surface area is 95.8 Å². The summed E-state index contributed by atoms with van der Waals surface area (Å²) < 4.78 is 61.5. The van der Waals surface area contributed by atoms with Gasteiger partial charge in [0.15, 0.2) is 0 Å². The van der Waals surface area contributed by atoms with Gasteiger partial charge in [-0.1, -0.05) is 0 Å². The Morgan fingerprint density at radius 3 is 2.27 bits per heavy atom. The summed E-state index contributed by atoms with van der Waals surface area (Å²) in [5.74, 6) is 0. The highest BCUT2D eigenvalue weighted by molar-refractivity contribution is 14.1. The second-order valence-corrected chi connectivity index (χ2v) is 3.87. The van der Waals surface area contributed by atoms with E-state index < -0.39 is 23.9 Å². The lowest BCUT2D eigenvalue weighted by atomic mass is 10.2. The van der Waals surface area contributed by atoms with Crippen LogP contribution in [0.3, 0.4) is 0 Å². The molecule has 1 nitrogen and oxygen atoms in total. The number of aromatic nitrogens is 1. The molecule has 0 fully saturated rings. The van der Waals surface area contributed by atoms with E-state index in [0.29, 0.717) is 6.07 Å². The van der Waals surface area contributed by atoms with Crippen molar-refractivity contribution >= 4 is 22.6 Å². The van der Waals surface area contributed by atoms with E-state index in [1.807, 2.05) is 0 Å². The fourth-order valence-corrected chi connectivity index (χ4v) is 1.50. The van der Waals surface area contributed by atoms with Gasteiger partial charge in [0, 0.05) is 9.13 Å². The average molecular weight is 337 g/mol. The second-order valence-electron chi connectivity index (χ2n) is 2.79. The van der Waals surface area contributed by atoms with Crippen molar-refractivity contribution in [2.75, 3.05) is 0 Å². The molecule has 0 aliphatic heterocycles. The van der Waals surface area contributed by atoms with Gasteiger partial charge in [-0.3, -0.25) is 0 Å². The van der Waals surface area contributed by atoms with Crippen molar-refractivity contribution in [3.8, 4) is 0 Å². The molecule has 0 unspecified atom stereocenters. The summed E-state index contributed by atoms with van der Waals surface area (Å²) >= 11 is 1.56. The molecule has 0 amide bonds. The van der Waals surface area contributed by atoms with Crippen molar-refractivity contribution < 1.29 is 22.0 Å². The zero-order chi connectivity index (χ0) is 11.8. The maximum atomic E-state index is 12.4. The first kappa shape index (κ1) is 12.6. The highest BCUT2D eigenvalue weighted by atomic mass is 127. The van der Waals surface area contributed by atoms with Gasteiger partial charge in [0.1, 0.15) is 5.69 Å². The zero-order valence-corrected chi connectivity index (χ0v) is 9.53. The quantitative estimate of drug-likeness (QED) is 0.559. The fourth-order valence-electron chi connectivity index (χ4n) is 0.986. The summed E-state index contributed by atoms with van der Waals surface area (Å²) in [6, 6.07) is 0.388. The third-order valence-electron chi connectivity index (χ3n) is 1.68. The number of aryl methyl sites for hydroxylation is 1. The normalized spacial score (nSPS) is 12.3. The molecule has 0 aliphatic carbocycles. The van der Waals surface area contributed by atoms with Crippen molar-refractivity contribution in [2.24, 2.45) is 0 Å². The molecule has 1 rings (SSSR count). The van der Waals surface area contributed by atoms with E-state index in [9.17, 15) is 22.0 Å². The fraction of sp³-hybridized carbons (Fsp3) is 0.375. The Balaban J connectivity index is 3.36. The largest absolute Gasteiger partial charge is 0.433 e. The van der Waals surface area contributed by atoms with Gasteiger partial charge >= 0.3 is 6.18 Å². The molecule has 0 aromatic carbocycles. The molecular formula is C8H5F5IN. The standard InChI is InChI=1S/C8H5F5IN/c1-3-6(14)4(7(9)10)2-5(15-3)8(11,12)13/h2,7H,1H3. The molecule has 84 valence electrons. The Morgan fingerprint density at radius 2 is 1.87 bits per heavy atom. The van der Waals surface area contributed by atoms with Crippen LogP contribution in [-0.4, -0.2) is 4.98 Å². The van der Waals surface area contributed by atoms with E-state index >= 15 is 0 Å². The summed E-state index contributed by atoms with van der Waals surface area (Å²) in [6.07, 6.45) is -7.63. The van der Waals surface area contributed by atoms with Gasteiger partial charge in [0.2, 0.25) is 0 Å². The summed E-state index contributed by atoms with van der Waals surface area (Å²) in [7, 11) is 0. The minimum atomic E-state index is -4.70. The molecule has 0 radical (unpaired) electrons. The van der Waals surface area contributed by atoms with Crippen LogP contribution in [0.2, 0.25) is 0 Å². The lowest BCUT2D eigenvalue weighted by molar-refractivity contribution is -0.141. The molecule has 0 bridgehead atoms. The number of halogens is 6. The summed E-state index contributed by atoms with van der Waals surface area (Å²) in [5.41, 5.74) is -1.95. The first-order chi connectivity index (χ1) is 6.73. The molecule has 0 saturated carbocycles. The third kappa shape index (κ3) is 2.76. The molecular weight excluding hydrogens is 332 g/mol. The van der Waals surface area contributed by atoms with Gasteiger partial charge in [0.25, 0.3) is 6.43 Å². The van der Waals surface area contributed by atoms with E-state index in [1.54, 1.807) is 22.6 Å². The number of nitrogens with zero attached hydrogens (tertiary/aromatic N) is 1. The Kier molecular flexibility index (Phi) is 3.51. The van der Waals surface area contributed by atoms with E-state index in [2.05, 4.69) is 4.98 Å². The van der Waals surface area contributed by atoms with Crippen LogP contribution >= 0.6 is 22.6 Å². The van der Waals surface area contributed by atoms with Gasteiger partial charge in [-0.25, -0.2) is 13.8 Å². The minimum absolute atomic E-state index is 0.0410. The first-order valence-electron chi connectivity index (χ1n) is 3.76. The molecule has 0 aliphatic rings. The number of rotatable bonds is 1. The number of hydrogen-bond donors (Lipinski definition) is 0. The molecule has 7 heteroatoms. The van der Waals surface area contributed by atoms with Gasteiger partial charge in [-0.2, -0.15) is 13.2 Å². The van der Waals surface area contributed by atoms with Crippen LogP contribution in [0.5, 0.6) is 0 Å². The van der Waals surface area contributed by atoms with E-state index in [1.165, 1.54) is 6.92 Å². The topological polar surface area (TPSA) is 12.9 Å². The number of alkyl halides is 5. The molecule has 0 saturated heterocycles. The maximum absolute atomic E-state index is 12.4. The molecule has 0 N–H and O–H groups in total. The molecule has 0 atom stereocenters. The van der Waals surface area contributed by atoms with Crippen LogP contribution in [0, 0.1) is 10.5 Å². The zero-order valence-electron chi connectivity index (χ0n) is 7.37. The van der Waals surface area contributed by atoms with E-state index in [4.69, 9.17) is 0 Å². The van der Waals surface area contributed by atoms with Gasteiger partial charge < -0.3 is 0 Å². The monoisotopic (exact) mass is 337 g/mol.